The largest absolute Gasteiger partial charge is 0.398 e. The molecule has 4 amide bonds. The summed E-state index contributed by atoms with van der Waals surface area (Å²) in [6, 6.07) is 14.9. The minimum Gasteiger partial charge on any atom is -0.398 e. The van der Waals surface area contributed by atoms with Crippen LogP contribution in [-0.4, -0.2) is 47.2 Å². The molecule has 11 heteroatoms. The van der Waals surface area contributed by atoms with Gasteiger partial charge >= 0.3 is 0 Å². The zero-order valence-corrected chi connectivity index (χ0v) is 26.1. The number of aryl methyl sites for hydroxylation is 1. The van der Waals surface area contributed by atoms with Crippen LogP contribution in [-0.2, 0) is 16.0 Å². The number of nitrogens with one attached hydrogen (secondary N) is 3. The van der Waals surface area contributed by atoms with Crippen LogP contribution in [0, 0.1) is 18.8 Å². The van der Waals surface area contributed by atoms with Crippen LogP contribution in [0.25, 0.3) is 11.1 Å². The molecule has 0 aliphatic heterocycles. The number of nitrogens with two attached hydrogens (primary N) is 3. The number of carbonyl (C=O) groups is 4. The predicted molar refractivity (Wildman–Crippen MR) is 175 cm³/mol. The second kappa shape index (κ2) is 14.8. The van der Waals surface area contributed by atoms with Crippen LogP contribution in [0.5, 0.6) is 0 Å². The maximum atomic E-state index is 13.5. The predicted octanol–water partition coefficient (Wildman–Crippen LogP) is 3.31. The van der Waals surface area contributed by atoms with E-state index < -0.39 is 17.9 Å². The number of nitrogen functional groups attached to an aromatic ring is 1. The first-order valence-corrected chi connectivity index (χ1v) is 15.3. The van der Waals surface area contributed by atoms with E-state index in [9.17, 15) is 19.2 Å². The van der Waals surface area contributed by atoms with Crippen molar-refractivity contribution in [3.05, 3.63) is 77.1 Å². The fraction of sp³-hybridized carbons (Fsp3) is 0.382. The Kier molecular flexibility index (Phi) is 10.9. The SMILES string of the molecule is Cc1nc(C(=O)NC(C)C)ccc1-c1ccc(C[C@H](NC(=O)C2CCC(CN)CC2)C(=O)Nc2ccc(C(N)=O)c(N)c2)cc1. The Morgan fingerprint density at radius 2 is 1.62 bits per heavy atom. The fourth-order valence-corrected chi connectivity index (χ4v) is 5.64. The molecule has 0 bridgehead atoms. The third kappa shape index (κ3) is 8.66. The molecule has 1 saturated carbocycles. The number of aromatic nitrogens is 1. The van der Waals surface area contributed by atoms with Crippen LogP contribution in [0.4, 0.5) is 11.4 Å². The first kappa shape index (κ1) is 33.1. The molecule has 238 valence electrons. The Labute approximate surface area is 263 Å². The molecule has 4 rings (SSSR count). The Bertz CT molecular complexity index is 1550. The molecule has 1 atom stereocenters. The lowest BCUT2D eigenvalue weighted by molar-refractivity contribution is -0.130. The van der Waals surface area contributed by atoms with Crippen molar-refractivity contribution in [2.24, 2.45) is 23.3 Å². The number of carbonyl (C=O) groups excluding carboxylic acids is 4. The lowest BCUT2D eigenvalue weighted by Crippen LogP contribution is -2.48. The van der Waals surface area contributed by atoms with Gasteiger partial charge in [0, 0.05) is 41.0 Å². The molecule has 1 aliphatic carbocycles. The summed E-state index contributed by atoms with van der Waals surface area (Å²) in [5, 5.41) is 8.65. The molecule has 0 saturated heterocycles. The summed E-state index contributed by atoms with van der Waals surface area (Å²) in [6.45, 7) is 6.26. The third-order valence-corrected chi connectivity index (χ3v) is 8.21. The molecule has 2 aromatic carbocycles. The highest BCUT2D eigenvalue weighted by Crippen LogP contribution is 2.29. The lowest BCUT2D eigenvalue weighted by atomic mass is 9.81. The number of rotatable bonds is 11. The number of benzene rings is 2. The summed E-state index contributed by atoms with van der Waals surface area (Å²) in [7, 11) is 0. The van der Waals surface area contributed by atoms with E-state index in [1.54, 1.807) is 12.1 Å². The summed E-state index contributed by atoms with van der Waals surface area (Å²) in [5.74, 6) is -1.22. The van der Waals surface area contributed by atoms with Crippen LogP contribution in [0.3, 0.4) is 0 Å². The quantitative estimate of drug-likeness (QED) is 0.178. The Morgan fingerprint density at radius 1 is 0.933 bits per heavy atom. The fourth-order valence-electron chi connectivity index (χ4n) is 5.64. The van der Waals surface area contributed by atoms with Gasteiger partial charge in [0.15, 0.2) is 0 Å². The van der Waals surface area contributed by atoms with Crippen LogP contribution < -0.4 is 33.2 Å². The molecule has 1 heterocycles. The summed E-state index contributed by atoms with van der Waals surface area (Å²) >= 11 is 0. The van der Waals surface area contributed by atoms with Crippen molar-refractivity contribution in [1.29, 1.82) is 0 Å². The van der Waals surface area contributed by atoms with Crippen molar-refractivity contribution in [1.82, 2.24) is 15.6 Å². The van der Waals surface area contributed by atoms with Crippen LogP contribution >= 0.6 is 0 Å². The van der Waals surface area contributed by atoms with Gasteiger partial charge in [0.25, 0.3) is 11.8 Å². The third-order valence-electron chi connectivity index (χ3n) is 8.21. The van der Waals surface area contributed by atoms with Crippen molar-refractivity contribution in [3.63, 3.8) is 0 Å². The molecule has 1 fully saturated rings. The monoisotopic (exact) mass is 613 g/mol. The Balaban J connectivity index is 1.51. The van der Waals surface area contributed by atoms with Gasteiger partial charge in [-0.05, 0) is 94.3 Å². The Hall–Kier alpha value is -4.77. The normalized spacial score (nSPS) is 16.9. The molecule has 1 aromatic heterocycles. The highest BCUT2D eigenvalue weighted by Gasteiger charge is 2.29. The average molecular weight is 614 g/mol. The van der Waals surface area contributed by atoms with Crippen LogP contribution in [0.2, 0.25) is 0 Å². The number of hydrogen-bond acceptors (Lipinski definition) is 7. The van der Waals surface area contributed by atoms with Gasteiger partial charge in [0.1, 0.15) is 11.7 Å². The smallest absolute Gasteiger partial charge is 0.270 e. The van der Waals surface area contributed by atoms with E-state index in [1.165, 1.54) is 12.1 Å². The Morgan fingerprint density at radius 3 is 2.20 bits per heavy atom. The van der Waals surface area contributed by atoms with Crippen molar-refractivity contribution in [2.45, 2.75) is 65.0 Å². The van der Waals surface area contributed by atoms with Crippen molar-refractivity contribution in [3.8, 4) is 11.1 Å². The second-order valence-corrected chi connectivity index (χ2v) is 12.0. The van der Waals surface area contributed by atoms with Gasteiger partial charge in [-0.25, -0.2) is 4.98 Å². The second-order valence-electron chi connectivity index (χ2n) is 12.0. The summed E-state index contributed by atoms with van der Waals surface area (Å²) in [5.41, 5.74) is 21.5. The van der Waals surface area contributed by atoms with Gasteiger partial charge < -0.3 is 33.2 Å². The average Bonchev–Trinajstić information content (AvgIpc) is 3.00. The van der Waals surface area contributed by atoms with Crippen molar-refractivity contribution < 1.29 is 19.2 Å². The van der Waals surface area contributed by atoms with E-state index in [2.05, 4.69) is 20.9 Å². The van der Waals surface area contributed by atoms with Gasteiger partial charge in [0.05, 0.1) is 5.56 Å². The van der Waals surface area contributed by atoms with Crippen molar-refractivity contribution in [2.75, 3.05) is 17.6 Å². The van der Waals surface area contributed by atoms with Gasteiger partial charge in [-0.15, -0.1) is 0 Å². The zero-order valence-electron chi connectivity index (χ0n) is 26.1. The molecule has 0 spiro atoms. The highest BCUT2D eigenvalue weighted by atomic mass is 16.2. The van der Waals surface area contributed by atoms with Crippen molar-refractivity contribution >= 4 is 35.0 Å². The number of primary amides is 1. The van der Waals surface area contributed by atoms with E-state index in [-0.39, 0.29) is 41.4 Å². The van der Waals surface area contributed by atoms with Crippen LogP contribution in [0.1, 0.15) is 71.6 Å². The molecular weight excluding hydrogens is 570 g/mol. The molecule has 0 radical (unpaired) electrons. The number of anilines is 2. The molecule has 1 aliphatic rings. The summed E-state index contributed by atoms with van der Waals surface area (Å²) in [4.78, 5) is 55.3. The number of pyridine rings is 1. The number of amides is 4. The van der Waals surface area contributed by atoms with Gasteiger partial charge in [-0.3, -0.25) is 19.2 Å². The molecule has 11 nitrogen and oxygen atoms in total. The minimum atomic E-state index is -0.866. The van der Waals surface area contributed by atoms with E-state index in [0.717, 1.165) is 48.1 Å². The summed E-state index contributed by atoms with van der Waals surface area (Å²) in [6.07, 6.45) is 3.48. The molecular formula is C34H43N7O4. The maximum Gasteiger partial charge on any atom is 0.270 e. The lowest BCUT2D eigenvalue weighted by Gasteiger charge is -2.28. The topological polar surface area (TPSA) is 195 Å². The van der Waals surface area contributed by atoms with Gasteiger partial charge in [0.2, 0.25) is 11.8 Å². The molecule has 3 aromatic rings. The van der Waals surface area contributed by atoms with Crippen LogP contribution in [0.15, 0.2) is 54.6 Å². The van der Waals surface area contributed by atoms with E-state index in [1.807, 2.05) is 51.1 Å². The number of hydrogen-bond donors (Lipinski definition) is 6. The summed E-state index contributed by atoms with van der Waals surface area (Å²) < 4.78 is 0. The molecule has 0 unspecified atom stereocenters. The van der Waals surface area contributed by atoms with Gasteiger partial charge in [-0.1, -0.05) is 30.3 Å². The van der Waals surface area contributed by atoms with E-state index in [4.69, 9.17) is 17.2 Å². The highest BCUT2D eigenvalue weighted by molar-refractivity contribution is 6.01. The molecule has 45 heavy (non-hydrogen) atoms. The van der Waals surface area contributed by atoms with Gasteiger partial charge in [-0.2, -0.15) is 0 Å². The minimum absolute atomic E-state index is 0.00853. The first-order valence-electron chi connectivity index (χ1n) is 15.3. The van der Waals surface area contributed by atoms with E-state index in [0.29, 0.717) is 23.8 Å². The van der Waals surface area contributed by atoms with E-state index >= 15 is 0 Å². The molecule has 9 N–H and O–H groups in total. The zero-order chi connectivity index (χ0) is 32.7. The maximum absolute atomic E-state index is 13.5. The number of nitrogens with zero attached hydrogens (tertiary/aromatic N) is 1. The first-order chi connectivity index (χ1) is 21.4. The standard InChI is InChI=1S/C34H43N7O4/c1-19(2)38-33(44)29-15-14-26(20(3)39-29)23-8-4-21(5-9-23)16-30(41-32(43)24-10-6-22(18-35)7-11-24)34(45)40-25-12-13-27(31(37)42)28(36)17-25/h4-5,8-9,12-15,17,19,22,24,30H,6-7,10-11,16,18,35-36H2,1-3H3,(H2,37,42)(H,38,44)(H,40,45)(H,41,43)/t22?,24?,30-/m0/s1.